The Balaban J connectivity index is 0.000000307. The smallest absolute Gasteiger partial charge is 0.490 e. The third kappa shape index (κ3) is 4.67. The molecule has 2 bridgehead atoms. The number of alkyl halides is 3. The van der Waals surface area contributed by atoms with Gasteiger partial charge in [0.25, 0.3) is 0 Å². The van der Waals surface area contributed by atoms with Crippen LogP contribution in [0.2, 0.25) is 0 Å². The van der Waals surface area contributed by atoms with Crippen molar-refractivity contribution in [1.29, 1.82) is 0 Å². The van der Waals surface area contributed by atoms with Gasteiger partial charge in [0, 0.05) is 42.9 Å². The quantitative estimate of drug-likeness (QED) is 0.681. The summed E-state index contributed by atoms with van der Waals surface area (Å²) in [6.45, 7) is 3.36. The Bertz CT molecular complexity index is 1000. The maximum atomic E-state index is 10.6. The van der Waals surface area contributed by atoms with Crippen molar-refractivity contribution in [1.82, 2.24) is 15.1 Å². The molecule has 1 saturated carbocycles. The Labute approximate surface area is 184 Å². The zero-order valence-electron chi connectivity index (χ0n) is 17.7. The molecule has 0 spiro atoms. The number of allylic oxidation sites excluding steroid dienone is 2. The summed E-state index contributed by atoms with van der Waals surface area (Å²) in [5.74, 6) is 0.663. The van der Waals surface area contributed by atoms with Gasteiger partial charge in [0.05, 0.1) is 7.11 Å². The van der Waals surface area contributed by atoms with E-state index in [9.17, 15) is 13.2 Å². The van der Waals surface area contributed by atoms with Crippen molar-refractivity contribution in [2.45, 2.75) is 32.0 Å². The lowest BCUT2D eigenvalue weighted by Crippen LogP contribution is -2.35. The van der Waals surface area contributed by atoms with E-state index in [0.29, 0.717) is 0 Å². The third-order valence-corrected chi connectivity index (χ3v) is 6.53. The first-order chi connectivity index (χ1) is 15.3. The van der Waals surface area contributed by atoms with Crippen LogP contribution in [0.15, 0.2) is 36.4 Å². The van der Waals surface area contributed by atoms with E-state index in [1.807, 2.05) is 12.1 Å². The van der Waals surface area contributed by atoms with E-state index in [1.54, 1.807) is 7.11 Å². The van der Waals surface area contributed by atoms with Crippen molar-refractivity contribution >= 4 is 5.97 Å². The Morgan fingerprint density at radius 1 is 1.28 bits per heavy atom. The first-order valence-electron chi connectivity index (χ1n) is 10.7. The number of nitrogens with one attached hydrogen (secondary N) is 1. The van der Waals surface area contributed by atoms with Crippen LogP contribution in [0.5, 0.6) is 5.75 Å². The number of halogens is 3. The Morgan fingerprint density at radius 2 is 2.03 bits per heavy atom. The van der Waals surface area contributed by atoms with Gasteiger partial charge < -0.3 is 9.84 Å². The van der Waals surface area contributed by atoms with Gasteiger partial charge in [0.1, 0.15) is 11.4 Å². The average Bonchev–Trinajstić information content (AvgIpc) is 3.49. The highest BCUT2D eigenvalue weighted by Crippen LogP contribution is 2.44. The number of hydrogen-bond donors (Lipinski definition) is 2. The van der Waals surface area contributed by atoms with Gasteiger partial charge in [-0.15, -0.1) is 0 Å². The zero-order chi connectivity index (χ0) is 22.9. The van der Waals surface area contributed by atoms with Crippen LogP contribution in [0.3, 0.4) is 0 Å². The van der Waals surface area contributed by atoms with Gasteiger partial charge in [-0.2, -0.15) is 18.3 Å². The highest BCUT2D eigenvalue weighted by Gasteiger charge is 2.38. The molecule has 3 atom stereocenters. The molecule has 2 N–H and O–H groups in total. The van der Waals surface area contributed by atoms with Crippen LogP contribution in [0.1, 0.15) is 24.1 Å². The Kier molecular flexibility index (Phi) is 6.28. The van der Waals surface area contributed by atoms with Crippen LogP contribution in [-0.4, -0.2) is 52.5 Å². The Morgan fingerprint density at radius 3 is 2.66 bits per heavy atom. The van der Waals surface area contributed by atoms with E-state index in [0.717, 1.165) is 54.3 Å². The van der Waals surface area contributed by atoms with E-state index in [-0.39, 0.29) is 0 Å². The van der Waals surface area contributed by atoms with Gasteiger partial charge in [-0.1, -0.05) is 24.3 Å². The molecule has 1 fully saturated rings. The van der Waals surface area contributed by atoms with Gasteiger partial charge in [0.2, 0.25) is 0 Å². The van der Waals surface area contributed by atoms with Crippen molar-refractivity contribution in [3.63, 3.8) is 0 Å². The molecule has 2 heterocycles. The number of aliphatic carboxylic acids is 1. The molecule has 3 aliphatic rings. The van der Waals surface area contributed by atoms with Gasteiger partial charge >= 0.3 is 12.1 Å². The number of nitrogens with zero attached hydrogens (tertiary/aromatic N) is 2. The van der Waals surface area contributed by atoms with Crippen molar-refractivity contribution < 1.29 is 27.8 Å². The van der Waals surface area contributed by atoms with Gasteiger partial charge in [-0.05, 0) is 42.7 Å². The molecule has 1 aromatic carbocycles. The van der Waals surface area contributed by atoms with Crippen LogP contribution in [0.4, 0.5) is 13.2 Å². The van der Waals surface area contributed by atoms with Crippen LogP contribution in [-0.2, 0) is 17.8 Å². The predicted molar refractivity (Wildman–Crippen MR) is 112 cm³/mol. The second kappa shape index (κ2) is 8.97. The molecule has 1 unspecified atom stereocenters. The van der Waals surface area contributed by atoms with E-state index in [4.69, 9.17) is 14.6 Å². The molecule has 6 nitrogen and oxygen atoms in total. The average molecular weight is 449 g/mol. The first-order valence-corrected chi connectivity index (χ1v) is 10.7. The third-order valence-electron chi connectivity index (χ3n) is 6.53. The number of ether oxygens (including phenoxy) is 1. The molecule has 1 aliphatic heterocycles. The lowest BCUT2D eigenvalue weighted by molar-refractivity contribution is -0.192. The molecule has 5 rings (SSSR count). The number of rotatable bonds is 4. The molecule has 1 aromatic heterocycles. The number of para-hydroxylation sites is 1. The van der Waals surface area contributed by atoms with E-state index in [1.165, 1.54) is 30.6 Å². The summed E-state index contributed by atoms with van der Waals surface area (Å²) in [6, 6.07) is 8.19. The second-order valence-corrected chi connectivity index (χ2v) is 8.56. The number of fused-ring (bicyclic) bond motifs is 3. The highest BCUT2D eigenvalue weighted by molar-refractivity contribution is 5.73. The summed E-state index contributed by atoms with van der Waals surface area (Å²) >= 11 is 0. The van der Waals surface area contributed by atoms with E-state index in [2.05, 4.69) is 39.4 Å². The van der Waals surface area contributed by atoms with Gasteiger partial charge in [0.15, 0.2) is 0 Å². The summed E-state index contributed by atoms with van der Waals surface area (Å²) in [5.41, 5.74) is 4.80. The summed E-state index contributed by atoms with van der Waals surface area (Å²) in [6.07, 6.45) is 3.66. The molecule has 32 heavy (non-hydrogen) atoms. The standard InChI is InChI=1S/C21H25N3O.C2HF3O2/c1-25-20-5-3-2-4-17(20)21-18-13-24(9-8-19(18)22-23-21)12-16-11-14-6-7-15(16)10-14;3-2(4,5)1(6)7/h2-7,14-16H,8-13H2,1H3,(H,22,23);(H,6,7)/t14-,15+,16?;/m0./s1. The predicted octanol–water partition coefficient (Wildman–Crippen LogP) is 4.29. The Hall–Kier alpha value is -2.81. The highest BCUT2D eigenvalue weighted by atomic mass is 19.4. The lowest BCUT2D eigenvalue weighted by atomic mass is 9.92. The maximum absolute atomic E-state index is 10.6. The number of carboxylic acids is 1. The largest absolute Gasteiger partial charge is 0.496 e. The fourth-order valence-corrected chi connectivity index (χ4v) is 5.01. The van der Waals surface area contributed by atoms with Crippen LogP contribution < -0.4 is 4.74 Å². The monoisotopic (exact) mass is 449 g/mol. The van der Waals surface area contributed by atoms with E-state index < -0.39 is 12.1 Å². The molecule has 9 heteroatoms. The number of methoxy groups -OCH3 is 1. The molecule has 2 aromatic rings. The fourth-order valence-electron chi connectivity index (χ4n) is 5.01. The second-order valence-electron chi connectivity index (χ2n) is 8.56. The number of carbonyl (C=O) groups is 1. The normalized spacial score (nSPS) is 24.1. The molecule has 0 radical (unpaired) electrons. The maximum Gasteiger partial charge on any atom is 0.490 e. The van der Waals surface area contributed by atoms with Crippen LogP contribution in [0, 0.1) is 17.8 Å². The number of carboxylic acid groups (broad SMARTS) is 1. The van der Waals surface area contributed by atoms with Crippen molar-refractivity contribution in [2.75, 3.05) is 20.2 Å². The topological polar surface area (TPSA) is 78.5 Å². The number of aromatic nitrogens is 2. The summed E-state index contributed by atoms with van der Waals surface area (Å²) in [5, 5.41) is 15.0. The van der Waals surface area contributed by atoms with E-state index >= 15 is 0 Å². The molecule has 0 saturated heterocycles. The van der Waals surface area contributed by atoms with Gasteiger partial charge in [-0.25, -0.2) is 4.79 Å². The number of benzene rings is 1. The van der Waals surface area contributed by atoms with Crippen molar-refractivity contribution in [3.8, 4) is 17.0 Å². The van der Waals surface area contributed by atoms with Crippen molar-refractivity contribution in [2.24, 2.45) is 17.8 Å². The summed E-state index contributed by atoms with van der Waals surface area (Å²) in [4.78, 5) is 11.5. The van der Waals surface area contributed by atoms with Crippen molar-refractivity contribution in [3.05, 3.63) is 47.7 Å². The lowest BCUT2D eigenvalue weighted by Gasteiger charge is -2.31. The van der Waals surface area contributed by atoms with Crippen LogP contribution >= 0.6 is 0 Å². The molecule has 2 aliphatic carbocycles. The molecular formula is C23H26F3N3O3. The summed E-state index contributed by atoms with van der Waals surface area (Å²) < 4.78 is 37.3. The molecular weight excluding hydrogens is 423 g/mol. The zero-order valence-corrected chi connectivity index (χ0v) is 17.7. The number of H-pyrrole nitrogens is 1. The minimum absolute atomic E-state index is 0.824. The molecule has 0 amide bonds. The minimum atomic E-state index is -5.08. The fraction of sp³-hybridized carbons (Fsp3) is 0.478. The SMILES string of the molecule is COc1ccccc1-c1n[nH]c2c1CN(CC1C[C@H]3C=C[C@@H]1C3)CC2.O=C(O)C(F)(F)F. The first kappa shape index (κ1) is 22.4. The number of hydrogen-bond acceptors (Lipinski definition) is 4. The number of aromatic amines is 1. The minimum Gasteiger partial charge on any atom is -0.496 e. The van der Waals surface area contributed by atoms with Crippen LogP contribution in [0.25, 0.3) is 11.3 Å². The van der Waals surface area contributed by atoms with Gasteiger partial charge in [-0.3, -0.25) is 10.00 Å². The molecule has 172 valence electrons. The summed E-state index contributed by atoms with van der Waals surface area (Å²) in [7, 11) is 1.73.